The second kappa shape index (κ2) is 8.69. The molecule has 0 saturated carbocycles. The van der Waals surface area contributed by atoms with E-state index in [-0.39, 0.29) is 18.4 Å². The number of ether oxygens (including phenoxy) is 1. The summed E-state index contributed by atoms with van der Waals surface area (Å²) in [6.07, 6.45) is 1.25. The molecule has 28 heavy (non-hydrogen) atoms. The Hall–Kier alpha value is -3.15. The van der Waals surface area contributed by atoms with E-state index in [0.717, 1.165) is 17.5 Å². The average molecular weight is 380 g/mol. The van der Waals surface area contributed by atoms with Crippen molar-refractivity contribution < 1.29 is 19.1 Å². The van der Waals surface area contributed by atoms with Crippen LogP contribution in [0.3, 0.4) is 0 Å². The van der Waals surface area contributed by atoms with Gasteiger partial charge in [0.15, 0.2) is 6.61 Å². The molecule has 2 amide bonds. The van der Waals surface area contributed by atoms with Crippen molar-refractivity contribution in [2.75, 3.05) is 25.1 Å². The van der Waals surface area contributed by atoms with E-state index in [4.69, 9.17) is 4.74 Å². The van der Waals surface area contributed by atoms with Crippen molar-refractivity contribution in [3.63, 3.8) is 0 Å². The Bertz CT molecular complexity index is 876. The van der Waals surface area contributed by atoms with Crippen molar-refractivity contribution in [1.82, 2.24) is 4.90 Å². The fraction of sp³-hybridized carbons (Fsp3) is 0.318. The van der Waals surface area contributed by atoms with E-state index in [0.29, 0.717) is 30.8 Å². The molecule has 2 aromatic rings. The first kappa shape index (κ1) is 19.6. The highest BCUT2D eigenvalue weighted by molar-refractivity contribution is 6.03. The van der Waals surface area contributed by atoms with Gasteiger partial charge in [0, 0.05) is 26.6 Å². The minimum atomic E-state index is -0.604. The minimum absolute atomic E-state index is 0.00541. The summed E-state index contributed by atoms with van der Waals surface area (Å²) >= 11 is 0. The number of amides is 2. The van der Waals surface area contributed by atoms with Crippen LogP contribution in [-0.4, -0.2) is 42.9 Å². The number of rotatable bonds is 6. The summed E-state index contributed by atoms with van der Waals surface area (Å²) in [5.74, 6) is -0.898. The number of hydrogen-bond acceptors (Lipinski definition) is 4. The van der Waals surface area contributed by atoms with Gasteiger partial charge >= 0.3 is 5.97 Å². The molecular formula is C22H24N2O4. The van der Waals surface area contributed by atoms with E-state index in [1.54, 1.807) is 36.2 Å². The summed E-state index contributed by atoms with van der Waals surface area (Å²) in [7, 11) is 1.67. The third-order valence-electron chi connectivity index (χ3n) is 4.78. The number of likely N-dealkylation sites (N-methyl/N-ethyl adjacent to an activating group) is 1. The lowest BCUT2D eigenvalue weighted by molar-refractivity contribution is -0.133. The molecule has 6 nitrogen and oxygen atoms in total. The van der Waals surface area contributed by atoms with Crippen LogP contribution in [-0.2, 0) is 20.9 Å². The van der Waals surface area contributed by atoms with E-state index in [1.807, 2.05) is 31.2 Å². The minimum Gasteiger partial charge on any atom is -0.452 e. The highest BCUT2D eigenvalue weighted by atomic mass is 16.5. The predicted octanol–water partition coefficient (Wildman–Crippen LogP) is 2.94. The van der Waals surface area contributed by atoms with Crippen LogP contribution < -0.4 is 4.90 Å². The Labute approximate surface area is 164 Å². The number of carbonyl (C=O) groups excluding carboxylic acids is 3. The lowest BCUT2D eigenvalue weighted by Gasteiger charge is -2.20. The summed E-state index contributed by atoms with van der Waals surface area (Å²) in [6.45, 7) is 2.69. The Morgan fingerprint density at radius 3 is 2.50 bits per heavy atom. The first-order chi connectivity index (χ1) is 13.5. The molecule has 0 aliphatic carbocycles. The topological polar surface area (TPSA) is 66.9 Å². The Morgan fingerprint density at radius 2 is 1.82 bits per heavy atom. The zero-order valence-electron chi connectivity index (χ0n) is 16.2. The average Bonchev–Trinajstić information content (AvgIpc) is 3.13. The van der Waals surface area contributed by atoms with Crippen LogP contribution in [0.15, 0.2) is 48.5 Å². The van der Waals surface area contributed by atoms with Crippen LogP contribution >= 0.6 is 0 Å². The highest BCUT2D eigenvalue weighted by Crippen LogP contribution is 2.26. The fourth-order valence-electron chi connectivity index (χ4n) is 3.16. The van der Waals surface area contributed by atoms with E-state index < -0.39 is 5.97 Å². The number of esters is 1. The van der Waals surface area contributed by atoms with Gasteiger partial charge < -0.3 is 14.5 Å². The molecule has 2 aromatic carbocycles. The molecule has 6 heteroatoms. The summed E-state index contributed by atoms with van der Waals surface area (Å²) in [5, 5.41) is 0. The first-order valence-corrected chi connectivity index (χ1v) is 9.32. The highest BCUT2D eigenvalue weighted by Gasteiger charge is 2.26. The normalized spacial score (nSPS) is 13.5. The number of benzene rings is 2. The largest absolute Gasteiger partial charge is 0.452 e. The van der Waals surface area contributed by atoms with Gasteiger partial charge in [-0.15, -0.1) is 0 Å². The quantitative estimate of drug-likeness (QED) is 0.723. The van der Waals surface area contributed by atoms with Gasteiger partial charge in [-0.25, -0.2) is 4.79 Å². The SMILES string of the molecule is Cc1ccc(CN(C)C(=O)COC(=O)c2ccccc2N2CCCC2=O)cc1. The summed E-state index contributed by atoms with van der Waals surface area (Å²) < 4.78 is 5.24. The molecule has 1 fully saturated rings. The monoisotopic (exact) mass is 380 g/mol. The number of para-hydroxylation sites is 1. The van der Waals surface area contributed by atoms with Gasteiger partial charge in [0.05, 0.1) is 11.3 Å². The molecule has 146 valence electrons. The molecule has 0 spiro atoms. The summed E-state index contributed by atoms with van der Waals surface area (Å²) in [6, 6.07) is 14.7. The van der Waals surface area contributed by atoms with Crippen LogP contribution in [0.2, 0.25) is 0 Å². The van der Waals surface area contributed by atoms with Gasteiger partial charge in [-0.05, 0) is 31.0 Å². The van der Waals surface area contributed by atoms with Crippen LogP contribution in [0.5, 0.6) is 0 Å². The molecule has 0 aromatic heterocycles. The zero-order valence-corrected chi connectivity index (χ0v) is 16.2. The number of carbonyl (C=O) groups is 3. The Kier molecular flexibility index (Phi) is 6.09. The van der Waals surface area contributed by atoms with Gasteiger partial charge in [-0.3, -0.25) is 9.59 Å². The molecule has 0 unspecified atom stereocenters. The molecule has 3 rings (SSSR count). The van der Waals surface area contributed by atoms with E-state index >= 15 is 0 Å². The van der Waals surface area contributed by atoms with Gasteiger partial charge in [0.2, 0.25) is 5.91 Å². The van der Waals surface area contributed by atoms with Gasteiger partial charge in [-0.2, -0.15) is 0 Å². The molecule has 1 saturated heterocycles. The summed E-state index contributed by atoms with van der Waals surface area (Å²) in [4.78, 5) is 40.0. The maximum atomic E-state index is 12.5. The Balaban J connectivity index is 1.60. The maximum Gasteiger partial charge on any atom is 0.340 e. The molecule has 0 N–H and O–H groups in total. The van der Waals surface area contributed by atoms with E-state index in [9.17, 15) is 14.4 Å². The van der Waals surface area contributed by atoms with Crippen molar-refractivity contribution in [1.29, 1.82) is 0 Å². The second-order valence-corrected chi connectivity index (χ2v) is 6.98. The van der Waals surface area contributed by atoms with Crippen molar-refractivity contribution in [3.8, 4) is 0 Å². The van der Waals surface area contributed by atoms with Crippen molar-refractivity contribution in [2.24, 2.45) is 0 Å². The maximum absolute atomic E-state index is 12.5. The van der Waals surface area contributed by atoms with Gasteiger partial charge in [0.25, 0.3) is 5.91 Å². The molecule has 0 atom stereocenters. The second-order valence-electron chi connectivity index (χ2n) is 6.98. The van der Waals surface area contributed by atoms with Gasteiger partial charge in [-0.1, -0.05) is 42.0 Å². The molecular weight excluding hydrogens is 356 g/mol. The third-order valence-corrected chi connectivity index (χ3v) is 4.78. The standard InChI is InChI=1S/C22H24N2O4/c1-16-9-11-17(12-10-16)14-23(2)21(26)15-28-22(27)18-6-3-4-7-19(18)24-13-5-8-20(24)25/h3-4,6-7,9-12H,5,8,13-15H2,1-2H3. The van der Waals surface area contributed by atoms with Crippen LogP contribution in [0.25, 0.3) is 0 Å². The first-order valence-electron chi connectivity index (χ1n) is 9.32. The van der Waals surface area contributed by atoms with E-state index in [2.05, 4.69) is 0 Å². The molecule has 0 radical (unpaired) electrons. The lowest BCUT2D eigenvalue weighted by Crippen LogP contribution is -2.31. The molecule has 1 aliphatic rings. The number of anilines is 1. The third kappa shape index (κ3) is 4.57. The molecule has 1 heterocycles. The summed E-state index contributed by atoms with van der Waals surface area (Å²) in [5.41, 5.74) is 3.00. The number of aryl methyl sites for hydroxylation is 1. The number of nitrogens with zero attached hydrogens (tertiary/aromatic N) is 2. The Morgan fingerprint density at radius 1 is 1.11 bits per heavy atom. The molecule has 1 aliphatic heterocycles. The lowest BCUT2D eigenvalue weighted by atomic mass is 10.1. The predicted molar refractivity (Wildman–Crippen MR) is 106 cm³/mol. The van der Waals surface area contributed by atoms with Crippen LogP contribution in [0, 0.1) is 6.92 Å². The van der Waals surface area contributed by atoms with Crippen molar-refractivity contribution in [2.45, 2.75) is 26.3 Å². The smallest absolute Gasteiger partial charge is 0.340 e. The zero-order chi connectivity index (χ0) is 20.1. The van der Waals surface area contributed by atoms with Crippen molar-refractivity contribution in [3.05, 3.63) is 65.2 Å². The van der Waals surface area contributed by atoms with Crippen LogP contribution in [0.4, 0.5) is 5.69 Å². The van der Waals surface area contributed by atoms with E-state index in [1.165, 1.54) is 4.90 Å². The number of hydrogen-bond donors (Lipinski definition) is 0. The van der Waals surface area contributed by atoms with Gasteiger partial charge in [0.1, 0.15) is 0 Å². The van der Waals surface area contributed by atoms with Crippen LogP contribution in [0.1, 0.15) is 34.3 Å². The molecule has 0 bridgehead atoms. The van der Waals surface area contributed by atoms with Crippen molar-refractivity contribution >= 4 is 23.5 Å². The fourth-order valence-corrected chi connectivity index (χ4v) is 3.16.